The van der Waals surface area contributed by atoms with Gasteiger partial charge in [0.25, 0.3) is 5.91 Å². The van der Waals surface area contributed by atoms with E-state index in [4.69, 9.17) is 9.41 Å². The summed E-state index contributed by atoms with van der Waals surface area (Å²) in [6.07, 6.45) is 0. The largest absolute Gasteiger partial charge is 0.508 e. The number of aryl methyl sites for hydroxylation is 1. The lowest BCUT2D eigenvalue weighted by Crippen LogP contribution is -2.22. The molecule has 0 fully saturated rings. The number of phenols is 1. The van der Waals surface area contributed by atoms with Gasteiger partial charge in [-0.1, -0.05) is 30.0 Å². The molecule has 0 aliphatic carbocycles. The van der Waals surface area contributed by atoms with Crippen LogP contribution in [0.1, 0.15) is 33.0 Å². The standard InChI is InChI=1S/C26H20N2O3S/c1-16-6-12-20(31-16)15-27-26(30)18-9-13-24-22(14-18)28-25(17-7-10-19(29)11-8-17)21-4-2-3-5-23(21)32-24/h2-14,29H,15H2,1H3,(H,27,30). The van der Waals surface area contributed by atoms with E-state index in [2.05, 4.69) is 11.4 Å². The Morgan fingerprint density at radius 1 is 1.00 bits per heavy atom. The number of amides is 1. The molecule has 0 saturated carbocycles. The van der Waals surface area contributed by atoms with Gasteiger partial charge in [0, 0.05) is 26.5 Å². The summed E-state index contributed by atoms with van der Waals surface area (Å²) in [5, 5.41) is 12.6. The molecule has 5 nitrogen and oxygen atoms in total. The summed E-state index contributed by atoms with van der Waals surface area (Å²) in [6, 6.07) is 24.4. The van der Waals surface area contributed by atoms with E-state index in [-0.39, 0.29) is 11.7 Å². The van der Waals surface area contributed by atoms with Gasteiger partial charge in [0.05, 0.1) is 17.9 Å². The normalized spacial score (nSPS) is 12.3. The number of rotatable bonds is 4. The molecule has 2 N–H and O–H groups in total. The van der Waals surface area contributed by atoms with E-state index in [0.29, 0.717) is 17.9 Å². The van der Waals surface area contributed by atoms with Crippen LogP contribution in [0.4, 0.5) is 5.69 Å². The van der Waals surface area contributed by atoms with Gasteiger partial charge in [-0.05, 0) is 67.6 Å². The van der Waals surface area contributed by atoms with Gasteiger partial charge in [0.2, 0.25) is 0 Å². The van der Waals surface area contributed by atoms with Crippen molar-refractivity contribution in [1.82, 2.24) is 5.32 Å². The highest BCUT2D eigenvalue weighted by molar-refractivity contribution is 7.99. The summed E-state index contributed by atoms with van der Waals surface area (Å²) in [4.78, 5) is 19.8. The molecule has 32 heavy (non-hydrogen) atoms. The molecule has 4 aromatic rings. The minimum absolute atomic E-state index is 0.185. The van der Waals surface area contributed by atoms with Crippen LogP contribution in [0.15, 0.2) is 98.1 Å². The summed E-state index contributed by atoms with van der Waals surface area (Å²) in [5.74, 6) is 1.54. The van der Waals surface area contributed by atoms with Gasteiger partial charge in [-0.2, -0.15) is 0 Å². The molecule has 1 aromatic heterocycles. The van der Waals surface area contributed by atoms with Crippen LogP contribution in [0.25, 0.3) is 0 Å². The number of furan rings is 1. The third-order valence-electron chi connectivity index (χ3n) is 5.18. The van der Waals surface area contributed by atoms with Crippen molar-refractivity contribution in [1.29, 1.82) is 0 Å². The highest BCUT2D eigenvalue weighted by Gasteiger charge is 2.20. The third kappa shape index (κ3) is 4.05. The number of benzene rings is 3. The third-order valence-corrected chi connectivity index (χ3v) is 6.32. The number of hydrogen-bond acceptors (Lipinski definition) is 5. The van der Waals surface area contributed by atoms with E-state index in [0.717, 1.165) is 38.1 Å². The maximum absolute atomic E-state index is 12.8. The molecular formula is C26H20N2O3S. The number of nitrogens with one attached hydrogen (secondary N) is 1. The molecule has 0 unspecified atom stereocenters. The summed E-state index contributed by atoms with van der Waals surface area (Å²) in [7, 11) is 0. The SMILES string of the molecule is Cc1ccc(CNC(=O)c2ccc3c(c2)N=C(c2ccc(O)cc2)c2ccccc2S3)o1. The van der Waals surface area contributed by atoms with Crippen molar-refractivity contribution in [3.63, 3.8) is 0 Å². The molecule has 1 amide bonds. The number of aromatic hydroxyl groups is 1. The van der Waals surface area contributed by atoms with Crippen molar-refractivity contribution in [3.05, 3.63) is 107 Å². The fourth-order valence-corrected chi connectivity index (χ4v) is 4.58. The number of hydrogen-bond donors (Lipinski definition) is 2. The number of fused-ring (bicyclic) bond motifs is 2. The van der Waals surface area contributed by atoms with Crippen molar-refractivity contribution in [3.8, 4) is 5.75 Å². The Morgan fingerprint density at radius 2 is 1.81 bits per heavy atom. The first-order valence-electron chi connectivity index (χ1n) is 10.2. The van der Waals surface area contributed by atoms with Crippen LogP contribution in [0.3, 0.4) is 0 Å². The van der Waals surface area contributed by atoms with Crippen LogP contribution >= 0.6 is 11.8 Å². The van der Waals surface area contributed by atoms with E-state index in [1.165, 1.54) is 0 Å². The number of nitrogens with zero attached hydrogens (tertiary/aromatic N) is 1. The smallest absolute Gasteiger partial charge is 0.251 e. The van der Waals surface area contributed by atoms with Gasteiger partial charge in [-0.3, -0.25) is 4.79 Å². The van der Waals surface area contributed by atoms with Crippen LogP contribution in [0.5, 0.6) is 5.75 Å². The quantitative estimate of drug-likeness (QED) is 0.367. The predicted molar refractivity (Wildman–Crippen MR) is 125 cm³/mol. The van der Waals surface area contributed by atoms with Crippen molar-refractivity contribution >= 4 is 29.1 Å². The van der Waals surface area contributed by atoms with E-state index in [1.807, 2.05) is 67.6 Å². The minimum Gasteiger partial charge on any atom is -0.508 e. The van der Waals surface area contributed by atoms with E-state index < -0.39 is 0 Å². The highest BCUT2D eigenvalue weighted by atomic mass is 32.2. The lowest BCUT2D eigenvalue weighted by Gasteiger charge is -2.09. The van der Waals surface area contributed by atoms with Gasteiger partial charge in [-0.25, -0.2) is 4.99 Å². The number of aliphatic imine (C=N–C) groups is 1. The fraction of sp³-hybridized carbons (Fsp3) is 0.0769. The molecule has 6 heteroatoms. The number of phenolic OH excluding ortho intramolecular Hbond substituents is 1. The Hall–Kier alpha value is -3.77. The summed E-state index contributed by atoms with van der Waals surface area (Å²) in [5.41, 5.74) is 3.98. The summed E-state index contributed by atoms with van der Waals surface area (Å²) >= 11 is 1.63. The molecule has 0 spiro atoms. The van der Waals surface area contributed by atoms with Gasteiger partial charge in [0.15, 0.2) is 0 Å². The maximum Gasteiger partial charge on any atom is 0.251 e. The molecule has 0 atom stereocenters. The molecule has 1 aliphatic heterocycles. The second-order valence-corrected chi connectivity index (χ2v) is 8.57. The van der Waals surface area contributed by atoms with Crippen LogP contribution in [-0.4, -0.2) is 16.7 Å². The van der Waals surface area contributed by atoms with Crippen molar-refractivity contribution in [2.75, 3.05) is 0 Å². The molecule has 1 aliphatic rings. The Labute approximate surface area is 189 Å². The Balaban J connectivity index is 1.51. The van der Waals surface area contributed by atoms with Gasteiger partial charge >= 0.3 is 0 Å². The Bertz CT molecular complexity index is 1340. The summed E-state index contributed by atoms with van der Waals surface area (Å²) in [6.45, 7) is 2.20. The number of carbonyl (C=O) groups excluding carboxylic acids is 1. The lowest BCUT2D eigenvalue weighted by molar-refractivity contribution is 0.0948. The second-order valence-electron chi connectivity index (χ2n) is 7.48. The average molecular weight is 441 g/mol. The molecular weight excluding hydrogens is 420 g/mol. The predicted octanol–water partition coefficient (Wildman–Crippen LogP) is 5.86. The topological polar surface area (TPSA) is 74.8 Å². The molecule has 2 heterocycles. The molecule has 5 rings (SSSR count). The van der Waals surface area contributed by atoms with Gasteiger partial charge in [0.1, 0.15) is 17.3 Å². The van der Waals surface area contributed by atoms with Crippen LogP contribution in [0.2, 0.25) is 0 Å². The molecule has 0 radical (unpaired) electrons. The molecule has 0 bridgehead atoms. The van der Waals surface area contributed by atoms with Crippen molar-refractivity contribution in [2.45, 2.75) is 23.3 Å². The molecule has 3 aromatic carbocycles. The van der Waals surface area contributed by atoms with E-state index in [9.17, 15) is 9.90 Å². The van der Waals surface area contributed by atoms with Gasteiger partial charge < -0.3 is 14.8 Å². The van der Waals surface area contributed by atoms with Crippen LogP contribution in [0, 0.1) is 6.92 Å². The van der Waals surface area contributed by atoms with Crippen LogP contribution in [-0.2, 0) is 6.54 Å². The lowest BCUT2D eigenvalue weighted by atomic mass is 10.0. The first-order valence-corrected chi connectivity index (χ1v) is 11.0. The zero-order valence-corrected chi connectivity index (χ0v) is 18.1. The minimum atomic E-state index is -0.185. The molecule has 158 valence electrons. The number of carbonyl (C=O) groups is 1. The van der Waals surface area contributed by atoms with E-state index >= 15 is 0 Å². The monoisotopic (exact) mass is 440 g/mol. The highest BCUT2D eigenvalue weighted by Crippen LogP contribution is 2.41. The van der Waals surface area contributed by atoms with Gasteiger partial charge in [-0.15, -0.1) is 0 Å². The average Bonchev–Trinajstić information content (AvgIpc) is 3.15. The second kappa shape index (κ2) is 8.40. The summed E-state index contributed by atoms with van der Waals surface area (Å²) < 4.78 is 5.53. The zero-order valence-electron chi connectivity index (χ0n) is 17.3. The van der Waals surface area contributed by atoms with Crippen molar-refractivity contribution in [2.24, 2.45) is 4.99 Å². The first-order chi connectivity index (χ1) is 15.6. The fourth-order valence-electron chi connectivity index (χ4n) is 3.57. The molecule has 0 saturated heterocycles. The Morgan fingerprint density at radius 3 is 2.59 bits per heavy atom. The first kappa shape index (κ1) is 20.2. The van der Waals surface area contributed by atoms with E-state index in [1.54, 1.807) is 23.9 Å². The van der Waals surface area contributed by atoms with Crippen LogP contribution < -0.4 is 5.32 Å². The Kier molecular flexibility index (Phi) is 5.29. The maximum atomic E-state index is 12.8. The zero-order chi connectivity index (χ0) is 22.1. The van der Waals surface area contributed by atoms with Crippen molar-refractivity contribution < 1.29 is 14.3 Å².